The maximum absolute atomic E-state index is 6.12. The number of hydrogen-bond acceptors (Lipinski definition) is 1. The molecule has 18 heavy (non-hydrogen) atoms. The molecule has 0 aromatic heterocycles. The highest BCUT2D eigenvalue weighted by Crippen LogP contribution is 2.27. The summed E-state index contributed by atoms with van der Waals surface area (Å²) in [7, 11) is 0. The molecular weight excluding hydrogens is 335 g/mol. The van der Waals surface area contributed by atoms with Crippen molar-refractivity contribution in [3.05, 3.63) is 62.0 Å². The zero-order chi connectivity index (χ0) is 13.1. The van der Waals surface area contributed by atoms with E-state index in [4.69, 9.17) is 27.9 Å². The molecule has 0 radical (unpaired) electrons. The maximum atomic E-state index is 6.12. The molecule has 0 aliphatic heterocycles. The molecule has 2 aromatic rings. The van der Waals surface area contributed by atoms with E-state index in [1.165, 1.54) is 0 Å². The Bertz CT molecular complexity index is 518. The fourth-order valence-electron chi connectivity index (χ4n) is 1.52. The van der Waals surface area contributed by atoms with Gasteiger partial charge in [-0.3, -0.25) is 0 Å². The first kappa shape index (κ1) is 13.7. The van der Waals surface area contributed by atoms with Crippen LogP contribution in [0.25, 0.3) is 0 Å². The summed E-state index contributed by atoms with van der Waals surface area (Å²) in [6.07, 6.45) is 0. The molecule has 0 unspecified atom stereocenters. The molecule has 0 N–H and O–H groups in total. The van der Waals surface area contributed by atoms with Crippen LogP contribution in [0, 0.1) is 6.92 Å². The van der Waals surface area contributed by atoms with Gasteiger partial charge in [-0.2, -0.15) is 0 Å². The first-order valence-electron chi connectivity index (χ1n) is 5.39. The van der Waals surface area contributed by atoms with Crippen molar-refractivity contribution in [1.29, 1.82) is 0 Å². The van der Waals surface area contributed by atoms with Gasteiger partial charge in [0, 0.05) is 15.1 Å². The predicted octanol–water partition coefficient (Wildman–Crippen LogP) is 5.64. The van der Waals surface area contributed by atoms with Gasteiger partial charge in [-0.1, -0.05) is 51.3 Å². The van der Waals surface area contributed by atoms with Crippen LogP contribution in [-0.2, 0) is 6.61 Å². The summed E-state index contributed by atoms with van der Waals surface area (Å²) >= 11 is 15.6. The van der Waals surface area contributed by atoms with Crippen LogP contribution in [0.5, 0.6) is 5.75 Å². The Morgan fingerprint density at radius 2 is 1.83 bits per heavy atom. The largest absolute Gasteiger partial charge is 0.487 e. The van der Waals surface area contributed by atoms with Crippen LogP contribution in [0.15, 0.2) is 40.9 Å². The van der Waals surface area contributed by atoms with Gasteiger partial charge in [0.1, 0.15) is 12.4 Å². The topological polar surface area (TPSA) is 9.23 Å². The smallest absolute Gasteiger partial charge is 0.138 e. The summed E-state index contributed by atoms with van der Waals surface area (Å²) < 4.78 is 6.62. The molecule has 0 aliphatic carbocycles. The standard InChI is InChI=1S/C14H11BrCl2O/c1-9-2-5-14(13(17)6-9)18-8-10-3-4-11(15)7-12(10)16/h2-7H,8H2,1H3. The Morgan fingerprint density at radius 3 is 2.50 bits per heavy atom. The van der Waals surface area contributed by atoms with Gasteiger partial charge in [0.05, 0.1) is 5.02 Å². The minimum Gasteiger partial charge on any atom is -0.487 e. The van der Waals surface area contributed by atoms with Crippen molar-refractivity contribution in [2.45, 2.75) is 13.5 Å². The molecule has 0 aliphatic rings. The van der Waals surface area contributed by atoms with E-state index >= 15 is 0 Å². The van der Waals surface area contributed by atoms with Crippen LogP contribution >= 0.6 is 39.1 Å². The van der Waals surface area contributed by atoms with Crippen LogP contribution in [0.1, 0.15) is 11.1 Å². The second kappa shape index (κ2) is 5.96. The van der Waals surface area contributed by atoms with E-state index < -0.39 is 0 Å². The lowest BCUT2D eigenvalue weighted by atomic mass is 10.2. The number of benzene rings is 2. The highest BCUT2D eigenvalue weighted by molar-refractivity contribution is 9.10. The fourth-order valence-corrected chi connectivity index (χ4v) is 2.53. The van der Waals surface area contributed by atoms with Crippen molar-refractivity contribution in [2.75, 3.05) is 0 Å². The summed E-state index contributed by atoms with van der Waals surface area (Å²) in [5.74, 6) is 0.668. The first-order chi connectivity index (χ1) is 8.56. The van der Waals surface area contributed by atoms with Crippen LogP contribution in [-0.4, -0.2) is 0 Å². The van der Waals surface area contributed by atoms with Crippen LogP contribution in [0.2, 0.25) is 10.0 Å². The summed E-state index contributed by atoms with van der Waals surface area (Å²) in [6.45, 7) is 2.39. The van der Waals surface area contributed by atoms with Gasteiger partial charge in [0.15, 0.2) is 0 Å². The van der Waals surface area contributed by atoms with Crippen molar-refractivity contribution >= 4 is 39.1 Å². The quantitative estimate of drug-likeness (QED) is 0.699. The van der Waals surface area contributed by atoms with Crippen molar-refractivity contribution < 1.29 is 4.74 Å². The number of halogens is 3. The monoisotopic (exact) mass is 344 g/mol. The van der Waals surface area contributed by atoms with Crippen LogP contribution in [0.4, 0.5) is 0 Å². The van der Waals surface area contributed by atoms with E-state index in [2.05, 4.69) is 15.9 Å². The van der Waals surface area contributed by atoms with E-state index in [1.807, 2.05) is 43.3 Å². The minimum absolute atomic E-state index is 0.398. The van der Waals surface area contributed by atoms with Crippen molar-refractivity contribution in [1.82, 2.24) is 0 Å². The normalized spacial score (nSPS) is 10.4. The van der Waals surface area contributed by atoms with Crippen LogP contribution in [0.3, 0.4) is 0 Å². The molecule has 0 amide bonds. The molecule has 0 saturated heterocycles. The number of rotatable bonds is 3. The van der Waals surface area contributed by atoms with Crippen LogP contribution < -0.4 is 4.74 Å². The second-order valence-electron chi connectivity index (χ2n) is 3.96. The van der Waals surface area contributed by atoms with Gasteiger partial charge in [-0.15, -0.1) is 0 Å². The number of ether oxygens (including phenoxy) is 1. The van der Waals surface area contributed by atoms with E-state index in [9.17, 15) is 0 Å². The van der Waals surface area contributed by atoms with E-state index in [0.29, 0.717) is 22.4 Å². The SMILES string of the molecule is Cc1ccc(OCc2ccc(Br)cc2Cl)c(Cl)c1. The molecule has 2 rings (SSSR count). The van der Waals surface area contributed by atoms with Gasteiger partial charge in [-0.25, -0.2) is 0 Å². The summed E-state index contributed by atoms with van der Waals surface area (Å²) in [5.41, 5.74) is 2.03. The highest BCUT2D eigenvalue weighted by atomic mass is 79.9. The molecule has 94 valence electrons. The van der Waals surface area contributed by atoms with Crippen molar-refractivity contribution in [3.63, 3.8) is 0 Å². The molecule has 0 atom stereocenters. The highest BCUT2D eigenvalue weighted by Gasteiger charge is 2.05. The van der Waals surface area contributed by atoms with Gasteiger partial charge in [0.2, 0.25) is 0 Å². The average Bonchev–Trinajstić information content (AvgIpc) is 2.30. The Balaban J connectivity index is 2.11. The molecule has 0 spiro atoms. The van der Waals surface area contributed by atoms with Gasteiger partial charge in [-0.05, 0) is 36.8 Å². The fraction of sp³-hybridized carbons (Fsp3) is 0.143. The summed E-state index contributed by atoms with van der Waals surface area (Å²) in [5, 5.41) is 1.29. The van der Waals surface area contributed by atoms with E-state index in [1.54, 1.807) is 0 Å². The lowest BCUT2D eigenvalue weighted by molar-refractivity contribution is 0.306. The molecule has 2 aromatic carbocycles. The van der Waals surface area contributed by atoms with Gasteiger partial charge >= 0.3 is 0 Å². The predicted molar refractivity (Wildman–Crippen MR) is 79.7 cm³/mol. The molecule has 0 bridgehead atoms. The molecule has 4 heteroatoms. The minimum atomic E-state index is 0.398. The third-order valence-corrected chi connectivity index (χ3v) is 3.63. The lowest BCUT2D eigenvalue weighted by Crippen LogP contribution is -1.97. The molecule has 1 nitrogen and oxygen atoms in total. The average molecular weight is 346 g/mol. The van der Waals surface area contributed by atoms with Gasteiger partial charge < -0.3 is 4.74 Å². The third-order valence-electron chi connectivity index (χ3n) is 2.49. The third kappa shape index (κ3) is 3.41. The Kier molecular flexibility index (Phi) is 4.55. The Morgan fingerprint density at radius 1 is 1.06 bits per heavy atom. The van der Waals surface area contributed by atoms with Crippen molar-refractivity contribution in [3.8, 4) is 5.75 Å². The zero-order valence-corrected chi connectivity index (χ0v) is 12.8. The summed E-state index contributed by atoms with van der Waals surface area (Å²) in [6, 6.07) is 11.4. The molecule has 0 saturated carbocycles. The Hall–Kier alpha value is -0.700. The van der Waals surface area contributed by atoms with E-state index in [-0.39, 0.29) is 0 Å². The second-order valence-corrected chi connectivity index (χ2v) is 5.69. The first-order valence-corrected chi connectivity index (χ1v) is 6.94. The molecular formula is C14H11BrCl2O. The number of hydrogen-bond donors (Lipinski definition) is 0. The molecule has 0 heterocycles. The van der Waals surface area contributed by atoms with Crippen molar-refractivity contribution in [2.24, 2.45) is 0 Å². The number of aryl methyl sites for hydroxylation is 1. The van der Waals surface area contributed by atoms with Gasteiger partial charge in [0.25, 0.3) is 0 Å². The van der Waals surface area contributed by atoms with E-state index in [0.717, 1.165) is 15.6 Å². The zero-order valence-electron chi connectivity index (χ0n) is 9.71. The molecule has 0 fully saturated rings. The Labute approximate surface area is 125 Å². The lowest BCUT2D eigenvalue weighted by Gasteiger charge is -2.10. The summed E-state index contributed by atoms with van der Waals surface area (Å²) in [4.78, 5) is 0. The maximum Gasteiger partial charge on any atom is 0.138 e.